The molecule has 7 heteroatoms. The first-order valence-electron chi connectivity index (χ1n) is 11.8. The Morgan fingerprint density at radius 1 is 1.18 bits per heavy atom. The maximum atomic E-state index is 13.0. The summed E-state index contributed by atoms with van der Waals surface area (Å²) in [4.78, 5) is 31.0. The van der Waals surface area contributed by atoms with Gasteiger partial charge in [0.2, 0.25) is 5.91 Å². The molecule has 1 aliphatic heterocycles. The molecule has 1 unspecified atom stereocenters. The summed E-state index contributed by atoms with van der Waals surface area (Å²) in [6.45, 7) is 8.27. The molecule has 0 saturated carbocycles. The second kappa shape index (κ2) is 9.51. The number of hydrogen-bond donors (Lipinski definition) is 2. The fourth-order valence-electron chi connectivity index (χ4n) is 4.73. The number of carboxylic acid groups (broad SMARTS) is 1. The van der Waals surface area contributed by atoms with Gasteiger partial charge in [0.15, 0.2) is 0 Å². The Labute approximate surface area is 195 Å². The molecule has 2 aromatic rings. The summed E-state index contributed by atoms with van der Waals surface area (Å²) >= 11 is 0. The van der Waals surface area contributed by atoms with Crippen molar-refractivity contribution in [2.75, 3.05) is 18.4 Å². The number of likely N-dealkylation sites (tertiary alicyclic amines) is 1. The standard InChI is InChI=1S/C26H33N3O4/c1-17(2)29-12-9-26(3,10-13-29)25(32)28-23-16-22(8-11-27-23)33-21-7-6-18-14-20(24(30)31)5-4-19(18)15-21/h4-5,8,11,14,16-17,21H,6-7,9-10,12-13,15H2,1-3H3,(H,30,31)(H,27,28,32). The lowest BCUT2D eigenvalue weighted by Gasteiger charge is -2.39. The molecular formula is C26H33N3O4. The molecule has 1 atom stereocenters. The van der Waals surface area contributed by atoms with Crippen LogP contribution < -0.4 is 10.1 Å². The van der Waals surface area contributed by atoms with Gasteiger partial charge in [0.1, 0.15) is 17.7 Å². The molecule has 2 aliphatic rings. The summed E-state index contributed by atoms with van der Waals surface area (Å²) in [6.07, 6.45) is 5.63. The number of carbonyl (C=O) groups is 2. The highest BCUT2D eigenvalue weighted by Gasteiger charge is 2.37. The number of aromatic carboxylic acids is 1. The van der Waals surface area contributed by atoms with Gasteiger partial charge in [-0.1, -0.05) is 13.0 Å². The first-order chi connectivity index (χ1) is 15.7. The number of aromatic nitrogens is 1. The highest BCUT2D eigenvalue weighted by Crippen LogP contribution is 2.33. The molecule has 1 aromatic heterocycles. The Bertz CT molecular complexity index is 1030. The molecule has 33 heavy (non-hydrogen) atoms. The van der Waals surface area contributed by atoms with Gasteiger partial charge in [-0.2, -0.15) is 0 Å². The summed E-state index contributed by atoms with van der Waals surface area (Å²) in [5.41, 5.74) is 2.13. The average Bonchev–Trinajstić information content (AvgIpc) is 2.79. The minimum Gasteiger partial charge on any atom is -0.490 e. The van der Waals surface area contributed by atoms with Gasteiger partial charge >= 0.3 is 5.97 Å². The molecule has 1 saturated heterocycles. The minimum absolute atomic E-state index is 0.00277. The molecule has 176 valence electrons. The third-order valence-corrected chi connectivity index (χ3v) is 7.09. The first kappa shape index (κ1) is 23.2. The van der Waals surface area contributed by atoms with Crippen molar-refractivity contribution in [1.29, 1.82) is 0 Å². The Kier molecular flexibility index (Phi) is 6.70. The van der Waals surface area contributed by atoms with Crippen LogP contribution in [0.1, 0.15) is 61.5 Å². The van der Waals surface area contributed by atoms with Crippen LogP contribution in [0.5, 0.6) is 5.75 Å². The third-order valence-electron chi connectivity index (χ3n) is 7.09. The van der Waals surface area contributed by atoms with Crippen molar-refractivity contribution in [3.63, 3.8) is 0 Å². The van der Waals surface area contributed by atoms with Crippen molar-refractivity contribution in [3.8, 4) is 5.75 Å². The van der Waals surface area contributed by atoms with E-state index >= 15 is 0 Å². The lowest BCUT2D eigenvalue weighted by atomic mass is 9.79. The Morgan fingerprint density at radius 3 is 2.64 bits per heavy atom. The second-order valence-electron chi connectivity index (χ2n) is 9.79. The topological polar surface area (TPSA) is 91.8 Å². The molecule has 0 spiro atoms. The summed E-state index contributed by atoms with van der Waals surface area (Å²) in [7, 11) is 0. The van der Waals surface area contributed by atoms with E-state index in [0.717, 1.165) is 56.3 Å². The van der Waals surface area contributed by atoms with Gasteiger partial charge in [-0.15, -0.1) is 0 Å². The van der Waals surface area contributed by atoms with Crippen LogP contribution in [0.4, 0.5) is 5.82 Å². The lowest BCUT2D eigenvalue weighted by molar-refractivity contribution is -0.127. The van der Waals surface area contributed by atoms with Gasteiger partial charge < -0.3 is 20.1 Å². The lowest BCUT2D eigenvalue weighted by Crippen LogP contribution is -2.47. The van der Waals surface area contributed by atoms with Crippen LogP contribution >= 0.6 is 0 Å². The number of amides is 1. The van der Waals surface area contributed by atoms with Crippen molar-refractivity contribution < 1.29 is 19.4 Å². The maximum Gasteiger partial charge on any atom is 0.335 e. The number of carboxylic acids is 1. The number of anilines is 1. The van der Waals surface area contributed by atoms with Crippen molar-refractivity contribution in [1.82, 2.24) is 9.88 Å². The number of pyridine rings is 1. The van der Waals surface area contributed by atoms with Gasteiger partial charge in [-0.3, -0.25) is 4.79 Å². The van der Waals surface area contributed by atoms with E-state index in [1.165, 1.54) is 0 Å². The van der Waals surface area contributed by atoms with Gasteiger partial charge in [0.25, 0.3) is 0 Å². The van der Waals surface area contributed by atoms with Crippen LogP contribution in [-0.4, -0.2) is 52.1 Å². The molecule has 7 nitrogen and oxygen atoms in total. The molecule has 1 fully saturated rings. The van der Waals surface area contributed by atoms with Crippen molar-refractivity contribution >= 4 is 17.7 Å². The smallest absolute Gasteiger partial charge is 0.335 e. The van der Waals surface area contributed by atoms with Crippen LogP contribution in [0.15, 0.2) is 36.5 Å². The SMILES string of the molecule is CC(C)N1CCC(C)(C(=O)Nc2cc(OC3CCc4cc(C(=O)O)ccc4C3)ccn2)CC1. The van der Waals surface area contributed by atoms with Gasteiger partial charge in [0.05, 0.1) is 5.56 Å². The third kappa shape index (κ3) is 5.36. The Balaban J connectivity index is 1.36. The van der Waals surface area contributed by atoms with Crippen LogP contribution in [0.3, 0.4) is 0 Å². The summed E-state index contributed by atoms with van der Waals surface area (Å²) in [5, 5.41) is 12.2. The predicted octanol–water partition coefficient (Wildman–Crippen LogP) is 4.17. The van der Waals surface area contributed by atoms with E-state index in [-0.39, 0.29) is 12.0 Å². The van der Waals surface area contributed by atoms with Crippen LogP contribution in [0.2, 0.25) is 0 Å². The van der Waals surface area contributed by atoms with E-state index in [1.807, 2.05) is 19.1 Å². The fraction of sp³-hybridized carbons (Fsp3) is 0.500. The van der Waals surface area contributed by atoms with Gasteiger partial charge in [-0.25, -0.2) is 9.78 Å². The summed E-state index contributed by atoms with van der Waals surface area (Å²) < 4.78 is 6.21. The highest BCUT2D eigenvalue weighted by atomic mass is 16.5. The Morgan fingerprint density at radius 2 is 1.94 bits per heavy atom. The minimum atomic E-state index is -0.901. The molecular weight excluding hydrogens is 418 g/mol. The summed E-state index contributed by atoms with van der Waals surface area (Å²) in [6, 6.07) is 9.39. The number of carbonyl (C=O) groups excluding carboxylic acids is 1. The number of ether oxygens (including phenoxy) is 1. The van der Waals surface area contributed by atoms with E-state index < -0.39 is 11.4 Å². The number of benzene rings is 1. The van der Waals surface area contributed by atoms with Gasteiger partial charge in [-0.05, 0) is 81.9 Å². The van der Waals surface area contributed by atoms with E-state index in [1.54, 1.807) is 24.4 Å². The van der Waals surface area contributed by atoms with Crippen molar-refractivity contribution in [2.45, 2.75) is 65.0 Å². The first-order valence-corrected chi connectivity index (χ1v) is 11.8. The van der Waals surface area contributed by atoms with Gasteiger partial charge in [0, 0.05) is 30.1 Å². The molecule has 1 aromatic carbocycles. The maximum absolute atomic E-state index is 13.0. The van der Waals surface area contributed by atoms with Crippen molar-refractivity contribution in [3.05, 3.63) is 53.2 Å². The highest BCUT2D eigenvalue weighted by molar-refractivity contribution is 5.94. The molecule has 2 heterocycles. The van der Waals surface area contributed by atoms with Crippen LogP contribution in [-0.2, 0) is 17.6 Å². The normalized spacial score (nSPS) is 20.2. The molecule has 0 radical (unpaired) electrons. The number of nitrogens with zero attached hydrogens (tertiary/aromatic N) is 2. The quantitative estimate of drug-likeness (QED) is 0.685. The second-order valence-corrected chi connectivity index (χ2v) is 9.79. The predicted molar refractivity (Wildman–Crippen MR) is 127 cm³/mol. The zero-order chi connectivity index (χ0) is 23.6. The molecule has 1 aliphatic carbocycles. The number of nitrogens with one attached hydrogen (secondary N) is 1. The largest absolute Gasteiger partial charge is 0.490 e. The average molecular weight is 452 g/mol. The molecule has 1 amide bonds. The number of aryl methyl sites for hydroxylation is 1. The molecule has 2 N–H and O–H groups in total. The number of fused-ring (bicyclic) bond motifs is 1. The zero-order valence-corrected chi connectivity index (χ0v) is 19.6. The zero-order valence-electron chi connectivity index (χ0n) is 19.6. The van der Waals surface area contributed by atoms with Crippen LogP contribution in [0.25, 0.3) is 0 Å². The molecule has 4 rings (SSSR count). The summed E-state index contributed by atoms with van der Waals surface area (Å²) in [5.74, 6) is 0.293. The number of rotatable bonds is 6. The number of piperidine rings is 1. The van der Waals surface area contributed by atoms with E-state index in [9.17, 15) is 14.7 Å². The number of hydrogen-bond acceptors (Lipinski definition) is 5. The van der Waals surface area contributed by atoms with E-state index in [2.05, 4.69) is 29.0 Å². The molecule has 0 bridgehead atoms. The Hall–Kier alpha value is -2.93. The monoisotopic (exact) mass is 451 g/mol. The van der Waals surface area contributed by atoms with E-state index in [0.29, 0.717) is 23.2 Å². The van der Waals surface area contributed by atoms with Crippen molar-refractivity contribution in [2.24, 2.45) is 5.41 Å². The van der Waals surface area contributed by atoms with E-state index in [4.69, 9.17) is 4.74 Å². The van der Waals surface area contributed by atoms with Crippen LogP contribution in [0, 0.1) is 5.41 Å². The fourth-order valence-corrected chi connectivity index (χ4v) is 4.73.